The molecule has 0 bridgehead atoms. The smallest absolute Gasteiger partial charge is 0.236 e. The Morgan fingerprint density at radius 1 is 1.03 bits per heavy atom. The Labute approximate surface area is 188 Å². The number of hydrogen-bond donors (Lipinski definition) is 0. The predicted octanol–water partition coefficient (Wildman–Crippen LogP) is 1.19. The van der Waals surface area contributed by atoms with Gasteiger partial charge in [-0.3, -0.25) is 24.1 Å². The maximum absolute atomic E-state index is 12.5. The van der Waals surface area contributed by atoms with Crippen molar-refractivity contribution in [1.29, 1.82) is 0 Å². The first kappa shape index (κ1) is 25.2. The van der Waals surface area contributed by atoms with Gasteiger partial charge >= 0.3 is 0 Å². The van der Waals surface area contributed by atoms with Gasteiger partial charge in [0.05, 0.1) is 13.0 Å². The van der Waals surface area contributed by atoms with Gasteiger partial charge in [0.1, 0.15) is 12.2 Å². The SMILES string of the molecule is CC(=O)CCCOCCN(C)C(=O)CC(=O)N(C)c1ccc(CC(=O)N2CCC2=O)cc1. The highest BCUT2D eigenvalue weighted by molar-refractivity contribution is 6.04. The number of benzene rings is 1. The number of Topliss-reactive ketones (excluding diaryl/α,β-unsaturated/α-hetero) is 1. The minimum absolute atomic E-state index is 0.120. The van der Waals surface area contributed by atoms with Crippen LogP contribution in [0.1, 0.15) is 38.2 Å². The van der Waals surface area contributed by atoms with E-state index in [-0.39, 0.29) is 42.3 Å². The van der Waals surface area contributed by atoms with Crippen LogP contribution in [0.5, 0.6) is 0 Å². The summed E-state index contributed by atoms with van der Waals surface area (Å²) in [5.74, 6) is -0.911. The molecule has 0 atom stereocenters. The number of amides is 4. The minimum Gasteiger partial charge on any atom is -0.380 e. The molecule has 4 amide bonds. The van der Waals surface area contributed by atoms with Gasteiger partial charge in [-0.25, -0.2) is 0 Å². The number of ketones is 1. The fourth-order valence-corrected chi connectivity index (χ4v) is 3.06. The number of nitrogens with zero attached hydrogens (tertiary/aromatic N) is 3. The topological polar surface area (TPSA) is 104 Å². The molecule has 0 saturated carbocycles. The highest BCUT2D eigenvalue weighted by Crippen LogP contribution is 2.17. The lowest BCUT2D eigenvalue weighted by Crippen LogP contribution is -2.48. The van der Waals surface area contributed by atoms with Gasteiger partial charge in [-0.05, 0) is 31.0 Å². The monoisotopic (exact) mass is 445 g/mol. The van der Waals surface area contributed by atoms with Crippen molar-refractivity contribution in [3.63, 3.8) is 0 Å². The van der Waals surface area contributed by atoms with Gasteiger partial charge in [-0.1, -0.05) is 12.1 Å². The van der Waals surface area contributed by atoms with Crippen molar-refractivity contribution >= 4 is 35.1 Å². The van der Waals surface area contributed by atoms with Gasteiger partial charge in [-0.15, -0.1) is 0 Å². The largest absolute Gasteiger partial charge is 0.380 e. The Kier molecular flexibility index (Phi) is 9.52. The number of carbonyl (C=O) groups excluding carboxylic acids is 5. The summed E-state index contributed by atoms with van der Waals surface area (Å²) < 4.78 is 5.41. The Bertz CT molecular complexity index is 852. The van der Waals surface area contributed by atoms with E-state index in [1.54, 1.807) is 38.4 Å². The zero-order valence-electron chi connectivity index (χ0n) is 19.0. The number of hydrogen-bond acceptors (Lipinski definition) is 6. The van der Waals surface area contributed by atoms with E-state index in [1.807, 2.05) is 0 Å². The van der Waals surface area contributed by atoms with E-state index in [4.69, 9.17) is 4.74 Å². The van der Waals surface area contributed by atoms with Crippen LogP contribution in [0.3, 0.4) is 0 Å². The van der Waals surface area contributed by atoms with Crippen LogP contribution in [-0.2, 0) is 35.1 Å². The summed E-state index contributed by atoms with van der Waals surface area (Å²) in [4.78, 5) is 63.1. The van der Waals surface area contributed by atoms with Crippen molar-refractivity contribution < 1.29 is 28.7 Å². The van der Waals surface area contributed by atoms with Crippen molar-refractivity contribution in [2.75, 3.05) is 45.3 Å². The number of imide groups is 1. The molecule has 1 heterocycles. The zero-order valence-corrected chi connectivity index (χ0v) is 19.0. The molecule has 32 heavy (non-hydrogen) atoms. The molecule has 1 aromatic carbocycles. The summed E-state index contributed by atoms with van der Waals surface area (Å²) >= 11 is 0. The van der Waals surface area contributed by atoms with Crippen LogP contribution >= 0.6 is 0 Å². The molecule has 1 aliphatic rings. The van der Waals surface area contributed by atoms with Gasteiger partial charge in [-0.2, -0.15) is 0 Å². The molecule has 0 aromatic heterocycles. The van der Waals surface area contributed by atoms with Gasteiger partial charge in [0.15, 0.2) is 0 Å². The van der Waals surface area contributed by atoms with Crippen LogP contribution in [0.2, 0.25) is 0 Å². The molecule has 0 aliphatic carbocycles. The molecular weight excluding hydrogens is 414 g/mol. The lowest BCUT2D eigenvalue weighted by atomic mass is 10.1. The lowest BCUT2D eigenvalue weighted by Gasteiger charge is -2.28. The highest BCUT2D eigenvalue weighted by atomic mass is 16.5. The normalized spacial score (nSPS) is 12.8. The second kappa shape index (κ2) is 12.1. The van der Waals surface area contributed by atoms with Crippen molar-refractivity contribution in [2.45, 2.75) is 39.0 Å². The molecule has 0 spiro atoms. The molecule has 1 fully saturated rings. The van der Waals surface area contributed by atoms with Gasteiger partial charge in [0, 0.05) is 52.3 Å². The van der Waals surface area contributed by atoms with Gasteiger partial charge < -0.3 is 19.3 Å². The van der Waals surface area contributed by atoms with Crippen LogP contribution in [0, 0.1) is 0 Å². The van der Waals surface area contributed by atoms with Crippen LogP contribution < -0.4 is 4.90 Å². The van der Waals surface area contributed by atoms with Crippen molar-refractivity contribution in [3.05, 3.63) is 29.8 Å². The van der Waals surface area contributed by atoms with E-state index in [1.165, 1.54) is 21.6 Å². The third kappa shape index (κ3) is 7.56. The van der Waals surface area contributed by atoms with E-state index >= 15 is 0 Å². The number of likely N-dealkylation sites (tertiary alicyclic amines) is 1. The molecule has 1 saturated heterocycles. The third-order valence-corrected chi connectivity index (χ3v) is 5.32. The number of carbonyl (C=O) groups is 5. The third-order valence-electron chi connectivity index (χ3n) is 5.32. The lowest BCUT2D eigenvalue weighted by molar-refractivity contribution is -0.152. The van der Waals surface area contributed by atoms with Crippen molar-refractivity contribution in [2.24, 2.45) is 0 Å². The number of likely N-dealkylation sites (N-methyl/N-ethyl adjacent to an activating group) is 1. The van der Waals surface area contributed by atoms with Crippen LogP contribution in [0.25, 0.3) is 0 Å². The first-order valence-corrected chi connectivity index (χ1v) is 10.7. The maximum atomic E-state index is 12.5. The first-order chi connectivity index (χ1) is 15.2. The summed E-state index contributed by atoms with van der Waals surface area (Å²) in [7, 11) is 3.20. The summed E-state index contributed by atoms with van der Waals surface area (Å²) in [5.41, 5.74) is 1.36. The fraction of sp³-hybridized carbons (Fsp3) is 0.522. The van der Waals surface area contributed by atoms with Crippen LogP contribution in [0.4, 0.5) is 5.69 Å². The summed E-state index contributed by atoms with van der Waals surface area (Å²) in [6.45, 7) is 3.17. The number of ether oxygens (including phenoxy) is 1. The van der Waals surface area contributed by atoms with Crippen LogP contribution in [-0.4, -0.2) is 79.6 Å². The number of rotatable bonds is 12. The molecule has 1 aromatic rings. The van der Waals surface area contributed by atoms with E-state index in [0.29, 0.717) is 51.3 Å². The number of anilines is 1. The maximum Gasteiger partial charge on any atom is 0.236 e. The molecule has 9 heteroatoms. The highest BCUT2D eigenvalue weighted by Gasteiger charge is 2.29. The van der Waals surface area contributed by atoms with E-state index in [0.717, 1.165) is 5.56 Å². The Morgan fingerprint density at radius 3 is 2.28 bits per heavy atom. The van der Waals surface area contributed by atoms with E-state index in [2.05, 4.69) is 0 Å². The standard InChI is InChI=1S/C23H31N3O6/c1-17(27)5-4-13-32-14-12-24(2)21(29)16-22(30)25(3)19-8-6-18(7-9-19)15-23(31)26-11-10-20(26)28/h6-9H,4-5,10-16H2,1-3H3. The molecule has 0 unspecified atom stereocenters. The Balaban J connectivity index is 1.74. The summed E-state index contributed by atoms with van der Waals surface area (Å²) in [5, 5.41) is 0. The minimum atomic E-state index is -0.348. The quantitative estimate of drug-likeness (QED) is 0.272. The van der Waals surface area contributed by atoms with Gasteiger partial charge in [0.2, 0.25) is 23.6 Å². The van der Waals surface area contributed by atoms with Crippen LogP contribution in [0.15, 0.2) is 24.3 Å². The molecule has 0 N–H and O–H groups in total. The molecule has 1 aliphatic heterocycles. The first-order valence-electron chi connectivity index (χ1n) is 10.7. The number of β-lactam (4-membered cyclic amide) rings is 1. The van der Waals surface area contributed by atoms with Crippen molar-refractivity contribution in [1.82, 2.24) is 9.80 Å². The average molecular weight is 446 g/mol. The Hall–Kier alpha value is -3.07. The molecule has 2 rings (SSSR count). The average Bonchev–Trinajstić information content (AvgIpc) is 2.74. The molecule has 174 valence electrons. The zero-order chi connectivity index (χ0) is 23.7. The van der Waals surface area contributed by atoms with Gasteiger partial charge in [0.25, 0.3) is 0 Å². The molecule has 9 nitrogen and oxygen atoms in total. The second-order valence-corrected chi connectivity index (χ2v) is 7.90. The summed E-state index contributed by atoms with van der Waals surface area (Å²) in [6.07, 6.45) is 1.41. The second-order valence-electron chi connectivity index (χ2n) is 7.90. The molecule has 0 radical (unpaired) electrons. The van der Waals surface area contributed by atoms with E-state index in [9.17, 15) is 24.0 Å². The Morgan fingerprint density at radius 2 is 1.72 bits per heavy atom. The fourth-order valence-electron chi connectivity index (χ4n) is 3.06. The van der Waals surface area contributed by atoms with E-state index < -0.39 is 0 Å². The predicted molar refractivity (Wildman–Crippen MR) is 118 cm³/mol. The molecular formula is C23H31N3O6. The summed E-state index contributed by atoms with van der Waals surface area (Å²) in [6, 6.07) is 6.89. The van der Waals surface area contributed by atoms with Crippen molar-refractivity contribution in [3.8, 4) is 0 Å².